The van der Waals surface area contributed by atoms with Crippen molar-refractivity contribution in [2.75, 3.05) is 19.0 Å². The van der Waals surface area contributed by atoms with Crippen molar-refractivity contribution < 1.29 is 8.42 Å². The van der Waals surface area contributed by atoms with Gasteiger partial charge in [0.05, 0.1) is 16.6 Å². The van der Waals surface area contributed by atoms with Crippen LogP contribution in [-0.4, -0.2) is 32.6 Å². The molecule has 1 atom stereocenters. The minimum atomic E-state index is -3.82. The fourth-order valence-corrected chi connectivity index (χ4v) is 5.21. The van der Waals surface area contributed by atoms with Gasteiger partial charge in [-0.1, -0.05) is 60.1 Å². The summed E-state index contributed by atoms with van der Waals surface area (Å²) in [7, 11) is 0.111. The minimum Gasteiger partial charge on any atom is -0.378 e. The second-order valence-electron chi connectivity index (χ2n) is 7.32. The number of hydrogen-bond acceptors (Lipinski definition) is 4. The van der Waals surface area contributed by atoms with Gasteiger partial charge in [-0.25, -0.2) is 0 Å². The van der Waals surface area contributed by atoms with E-state index in [-0.39, 0.29) is 4.90 Å². The number of rotatable bonds is 5. The summed E-state index contributed by atoms with van der Waals surface area (Å²) < 4.78 is 28.1. The minimum absolute atomic E-state index is 0.212. The largest absolute Gasteiger partial charge is 0.378 e. The van der Waals surface area contributed by atoms with E-state index in [1.165, 1.54) is 4.41 Å². The normalized spacial score (nSPS) is 16.4. The van der Waals surface area contributed by atoms with Gasteiger partial charge in [-0.05, 0) is 35.9 Å². The molecule has 3 aromatic carbocycles. The molecule has 0 N–H and O–H groups in total. The van der Waals surface area contributed by atoms with Gasteiger partial charge in [-0.2, -0.15) is 17.9 Å². The zero-order valence-corrected chi connectivity index (χ0v) is 18.3. The first-order chi connectivity index (χ1) is 14.4. The molecular formula is C23H22ClN3O2S. The van der Waals surface area contributed by atoms with E-state index in [0.29, 0.717) is 17.2 Å². The summed E-state index contributed by atoms with van der Waals surface area (Å²) in [5.41, 5.74) is 3.33. The van der Waals surface area contributed by atoms with Crippen molar-refractivity contribution in [3.05, 3.63) is 95.0 Å². The molecule has 154 valence electrons. The van der Waals surface area contributed by atoms with Crippen molar-refractivity contribution in [3.8, 4) is 0 Å². The first-order valence-corrected chi connectivity index (χ1v) is 11.4. The Hall–Kier alpha value is -2.83. The molecule has 0 amide bonds. The molecule has 5 nitrogen and oxygen atoms in total. The summed E-state index contributed by atoms with van der Waals surface area (Å²) >= 11 is 6.38. The van der Waals surface area contributed by atoms with Crippen molar-refractivity contribution in [3.63, 3.8) is 0 Å². The third-order valence-electron chi connectivity index (χ3n) is 5.14. The van der Waals surface area contributed by atoms with E-state index in [1.807, 2.05) is 61.5 Å². The maximum atomic E-state index is 13.4. The number of benzene rings is 3. The second-order valence-corrected chi connectivity index (χ2v) is 9.53. The molecule has 3 aromatic rings. The highest BCUT2D eigenvalue weighted by Crippen LogP contribution is 2.38. The van der Waals surface area contributed by atoms with Crippen molar-refractivity contribution >= 4 is 33.0 Å². The fourth-order valence-electron chi connectivity index (χ4n) is 3.51. The number of nitrogens with zero attached hydrogens (tertiary/aromatic N) is 3. The molecule has 1 aliphatic rings. The van der Waals surface area contributed by atoms with E-state index in [9.17, 15) is 8.42 Å². The van der Waals surface area contributed by atoms with Crippen LogP contribution in [0.15, 0.2) is 88.9 Å². The van der Waals surface area contributed by atoms with E-state index in [4.69, 9.17) is 11.6 Å². The van der Waals surface area contributed by atoms with Crippen LogP contribution in [0.25, 0.3) is 0 Å². The van der Waals surface area contributed by atoms with E-state index in [2.05, 4.69) is 5.10 Å². The smallest absolute Gasteiger partial charge is 0.279 e. The van der Waals surface area contributed by atoms with Crippen molar-refractivity contribution in [1.29, 1.82) is 0 Å². The fraction of sp³-hybridized carbons (Fsp3) is 0.174. The number of anilines is 1. The van der Waals surface area contributed by atoms with Gasteiger partial charge in [-0.15, -0.1) is 0 Å². The van der Waals surface area contributed by atoms with Crippen LogP contribution >= 0.6 is 11.6 Å². The van der Waals surface area contributed by atoms with Gasteiger partial charge in [0.15, 0.2) is 0 Å². The number of hydrogen-bond donors (Lipinski definition) is 0. The Labute approximate surface area is 182 Å². The van der Waals surface area contributed by atoms with E-state index < -0.39 is 16.1 Å². The molecule has 4 rings (SSSR count). The standard InChI is InChI=1S/C23H22ClN3O2S/c1-26(2)18-14-12-17(13-15-18)23-16-22(20-10-6-7-11-21(20)24)25-27(23)30(28,29)19-8-4-3-5-9-19/h3-15,23H,16H2,1-2H3/t23-/m1/s1. The lowest BCUT2D eigenvalue weighted by Gasteiger charge is -2.24. The molecule has 1 heterocycles. The van der Waals surface area contributed by atoms with Crippen molar-refractivity contribution in [2.24, 2.45) is 5.10 Å². The van der Waals surface area contributed by atoms with E-state index in [0.717, 1.165) is 16.8 Å². The van der Waals surface area contributed by atoms with Crippen molar-refractivity contribution in [1.82, 2.24) is 4.41 Å². The van der Waals surface area contributed by atoms with E-state index >= 15 is 0 Å². The van der Waals surface area contributed by atoms with Gasteiger partial charge in [0.25, 0.3) is 10.0 Å². The molecule has 0 saturated heterocycles. The quantitative estimate of drug-likeness (QED) is 0.565. The predicted octanol–water partition coefficient (Wildman–Crippen LogP) is 4.95. The van der Waals surface area contributed by atoms with Crippen LogP contribution in [0.5, 0.6) is 0 Å². The Balaban J connectivity index is 1.79. The molecule has 0 unspecified atom stereocenters. The van der Waals surface area contributed by atoms with Crippen LogP contribution < -0.4 is 4.90 Å². The third-order valence-corrected chi connectivity index (χ3v) is 7.17. The van der Waals surface area contributed by atoms with Crippen molar-refractivity contribution in [2.45, 2.75) is 17.4 Å². The zero-order chi connectivity index (χ0) is 21.3. The van der Waals surface area contributed by atoms with Crippen LogP contribution in [0.3, 0.4) is 0 Å². The van der Waals surface area contributed by atoms with Gasteiger partial charge in [0, 0.05) is 36.8 Å². The van der Waals surface area contributed by atoms with E-state index in [1.54, 1.807) is 36.4 Å². The van der Waals surface area contributed by atoms with Gasteiger partial charge in [0.1, 0.15) is 0 Å². The Kier molecular flexibility index (Phi) is 5.54. The van der Waals surface area contributed by atoms with Gasteiger partial charge < -0.3 is 4.90 Å². The number of halogens is 1. The summed E-state index contributed by atoms with van der Waals surface area (Å²) in [6.07, 6.45) is 0.442. The molecule has 30 heavy (non-hydrogen) atoms. The summed E-state index contributed by atoms with van der Waals surface area (Å²) in [6, 6.07) is 23.2. The molecule has 0 bridgehead atoms. The molecule has 7 heteroatoms. The Morgan fingerprint density at radius 1 is 0.933 bits per heavy atom. The average molecular weight is 440 g/mol. The lowest BCUT2D eigenvalue weighted by atomic mass is 9.99. The van der Waals surface area contributed by atoms with Crippen LogP contribution in [0.2, 0.25) is 5.02 Å². The number of hydrazone groups is 1. The maximum Gasteiger partial charge on any atom is 0.279 e. The zero-order valence-electron chi connectivity index (χ0n) is 16.7. The van der Waals surface area contributed by atoms with Crippen LogP contribution in [0.1, 0.15) is 23.6 Å². The van der Waals surface area contributed by atoms with Gasteiger partial charge in [0.2, 0.25) is 0 Å². The molecular weight excluding hydrogens is 418 g/mol. The first kappa shape index (κ1) is 20.4. The van der Waals surface area contributed by atoms with Gasteiger partial charge in [-0.3, -0.25) is 0 Å². The third kappa shape index (κ3) is 3.80. The molecule has 1 aliphatic heterocycles. The summed E-state index contributed by atoms with van der Waals surface area (Å²) in [4.78, 5) is 2.21. The van der Waals surface area contributed by atoms with Crippen LogP contribution in [0, 0.1) is 0 Å². The molecule has 0 saturated carbocycles. The Morgan fingerprint density at radius 3 is 2.20 bits per heavy atom. The highest BCUT2D eigenvalue weighted by Gasteiger charge is 2.38. The summed E-state index contributed by atoms with van der Waals surface area (Å²) in [6.45, 7) is 0. The molecule has 0 spiro atoms. The lowest BCUT2D eigenvalue weighted by Crippen LogP contribution is -2.27. The van der Waals surface area contributed by atoms with Gasteiger partial charge >= 0.3 is 0 Å². The highest BCUT2D eigenvalue weighted by molar-refractivity contribution is 7.89. The Morgan fingerprint density at radius 2 is 1.57 bits per heavy atom. The molecule has 0 fully saturated rings. The first-order valence-electron chi connectivity index (χ1n) is 9.57. The lowest BCUT2D eigenvalue weighted by molar-refractivity contribution is 0.371. The Bertz CT molecular complexity index is 1180. The topological polar surface area (TPSA) is 53.0 Å². The maximum absolute atomic E-state index is 13.4. The highest BCUT2D eigenvalue weighted by atomic mass is 35.5. The summed E-state index contributed by atoms with van der Waals surface area (Å²) in [5.74, 6) is 0. The monoisotopic (exact) mass is 439 g/mol. The molecule has 0 aromatic heterocycles. The molecule has 0 radical (unpaired) electrons. The van der Waals surface area contributed by atoms with Crippen LogP contribution in [-0.2, 0) is 10.0 Å². The SMILES string of the molecule is CN(C)c1ccc([C@H]2CC(c3ccccc3Cl)=NN2S(=O)(=O)c2ccccc2)cc1. The molecule has 0 aliphatic carbocycles. The second kappa shape index (κ2) is 8.13. The predicted molar refractivity (Wildman–Crippen MR) is 122 cm³/mol. The van der Waals surface area contributed by atoms with Crippen LogP contribution in [0.4, 0.5) is 5.69 Å². The average Bonchev–Trinajstić information content (AvgIpc) is 3.21. The summed E-state index contributed by atoms with van der Waals surface area (Å²) in [5, 5.41) is 5.10. The number of sulfonamides is 1.